The fourth-order valence-electron chi connectivity index (χ4n) is 3.13. The van der Waals surface area contributed by atoms with Crippen molar-refractivity contribution in [3.05, 3.63) is 41.7 Å². The van der Waals surface area contributed by atoms with E-state index in [-0.39, 0.29) is 25.2 Å². The van der Waals surface area contributed by atoms with E-state index < -0.39 is 11.8 Å². The number of nitrogens with zero attached hydrogens (tertiary/aromatic N) is 4. The average molecular weight is 350 g/mol. The van der Waals surface area contributed by atoms with Gasteiger partial charge in [0.1, 0.15) is 11.6 Å². The molecule has 2 aliphatic rings. The van der Waals surface area contributed by atoms with Gasteiger partial charge in [-0.3, -0.25) is 9.69 Å². The number of hydrogen-bond acceptors (Lipinski definition) is 5. The molecular weight excluding hydrogens is 332 g/mol. The van der Waals surface area contributed by atoms with Crippen molar-refractivity contribution < 1.29 is 14.1 Å². The van der Waals surface area contributed by atoms with Crippen LogP contribution in [0.3, 0.4) is 0 Å². The minimum Gasteiger partial charge on any atom is -0.359 e. The van der Waals surface area contributed by atoms with Gasteiger partial charge in [-0.15, -0.1) is 0 Å². The molecule has 0 radical (unpaired) electrons. The molecule has 1 aliphatic carbocycles. The normalized spacial score (nSPS) is 20.4. The van der Waals surface area contributed by atoms with Gasteiger partial charge in [-0.05, 0) is 19.8 Å². The first-order valence-corrected chi connectivity index (χ1v) is 8.61. The van der Waals surface area contributed by atoms with E-state index in [0.717, 1.165) is 28.9 Å². The molecule has 7 nitrogen and oxygen atoms in total. The zero-order valence-electron chi connectivity index (χ0n) is 14.4. The summed E-state index contributed by atoms with van der Waals surface area (Å²) in [6.07, 6.45) is 1.84. The van der Waals surface area contributed by atoms with Crippen LogP contribution in [-0.2, 0) is 11.3 Å². The lowest BCUT2D eigenvalue weighted by Gasteiger charge is -2.35. The summed E-state index contributed by atoms with van der Waals surface area (Å²) >= 11 is 0. The van der Waals surface area contributed by atoms with E-state index in [1.165, 1.54) is 0 Å². The van der Waals surface area contributed by atoms with E-state index in [1.54, 1.807) is 11.0 Å². The summed E-state index contributed by atoms with van der Waals surface area (Å²) in [6, 6.07) is 11.4. The number of imide groups is 1. The Hall–Kier alpha value is -3.14. The highest BCUT2D eigenvalue weighted by molar-refractivity contribution is 5.99. The Labute approximate surface area is 150 Å². The zero-order chi connectivity index (χ0) is 18.3. The van der Waals surface area contributed by atoms with Crippen LogP contribution in [0.25, 0.3) is 11.3 Å². The third-order valence-corrected chi connectivity index (χ3v) is 4.78. The minimum absolute atomic E-state index is 0.0159. The van der Waals surface area contributed by atoms with Gasteiger partial charge in [0.25, 0.3) is 0 Å². The smallest absolute Gasteiger partial charge is 0.327 e. The van der Waals surface area contributed by atoms with Crippen LogP contribution < -0.4 is 0 Å². The van der Waals surface area contributed by atoms with E-state index in [2.05, 4.69) is 5.16 Å². The highest BCUT2D eigenvalue weighted by Crippen LogP contribution is 2.32. The van der Waals surface area contributed by atoms with Gasteiger partial charge in [0.2, 0.25) is 5.91 Å². The molecule has 1 aromatic heterocycles. The maximum absolute atomic E-state index is 12.7. The van der Waals surface area contributed by atoms with Crippen LogP contribution in [0.2, 0.25) is 0 Å². The number of nitriles is 1. The number of hydrogen-bond donors (Lipinski definition) is 0. The number of carbonyl (C=O) groups is 2. The molecule has 7 heteroatoms. The standard InChI is InChI=1S/C19H18N4O3/c1-12-2-4-13(5-3-12)17-8-16(26-21-17)11-23-18(24)14(9-20)10-22(19(23)25)15-6-7-15/h2-5,8,14-15H,6-7,10-11H2,1H3. The minimum atomic E-state index is -0.826. The fraction of sp³-hybridized carbons (Fsp3) is 0.368. The van der Waals surface area contributed by atoms with E-state index in [1.807, 2.05) is 37.3 Å². The van der Waals surface area contributed by atoms with Crippen LogP contribution >= 0.6 is 0 Å². The summed E-state index contributed by atoms with van der Waals surface area (Å²) in [6.45, 7) is 2.17. The Morgan fingerprint density at radius 3 is 2.65 bits per heavy atom. The summed E-state index contributed by atoms with van der Waals surface area (Å²) in [4.78, 5) is 27.9. The van der Waals surface area contributed by atoms with Gasteiger partial charge in [-0.25, -0.2) is 4.79 Å². The van der Waals surface area contributed by atoms with Gasteiger partial charge in [0, 0.05) is 24.2 Å². The van der Waals surface area contributed by atoms with Crippen molar-refractivity contribution in [3.8, 4) is 17.3 Å². The van der Waals surface area contributed by atoms with Crippen molar-refractivity contribution in [1.29, 1.82) is 5.26 Å². The molecule has 0 bridgehead atoms. The number of carbonyl (C=O) groups excluding carboxylic acids is 2. The van der Waals surface area contributed by atoms with Gasteiger partial charge >= 0.3 is 6.03 Å². The molecule has 2 fully saturated rings. The van der Waals surface area contributed by atoms with Crippen molar-refractivity contribution in [2.75, 3.05) is 6.54 Å². The molecular formula is C19H18N4O3. The molecule has 1 aromatic carbocycles. The molecule has 0 N–H and O–H groups in total. The Morgan fingerprint density at radius 1 is 1.27 bits per heavy atom. The molecule has 2 aromatic rings. The van der Waals surface area contributed by atoms with Gasteiger partial charge in [-0.2, -0.15) is 5.26 Å². The second-order valence-electron chi connectivity index (χ2n) is 6.82. The number of rotatable bonds is 4. The number of urea groups is 1. The summed E-state index contributed by atoms with van der Waals surface area (Å²) < 4.78 is 5.33. The molecule has 3 amide bonds. The molecule has 4 rings (SSSR count). The lowest BCUT2D eigenvalue weighted by atomic mass is 10.1. The van der Waals surface area contributed by atoms with E-state index in [0.29, 0.717) is 11.5 Å². The third kappa shape index (κ3) is 2.94. The maximum Gasteiger partial charge on any atom is 0.327 e. The molecule has 1 aliphatic heterocycles. The second-order valence-corrected chi connectivity index (χ2v) is 6.82. The average Bonchev–Trinajstić information content (AvgIpc) is 3.37. The molecule has 26 heavy (non-hydrogen) atoms. The van der Waals surface area contributed by atoms with Gasteiger partial charge in [0.05, 0.1) is 12.6 Å². The van der Waals surface area contributed by atoms with E-state index in [4.69, 9.17) is 4.52 Å². The summed E-state index contributed by atoms with van der Waals surface area (Å²) in [5.41, 5.74) is 2.69. The quantitative estimate of drug-likeness (QED) is 0.845. The molecule has 132 valence electrons. The van der Waals surface area contributed by atoms with Gasteiger partial charge < -0.3 is 9.42 Å². The van der Waals surface area contributed by atoms with Crippen LogP contribution in [0.4, 0.5) is 4.79 Å². The van der Waals surface area contributed by atoms with Crippen molar-refractivity contribution in [2.45, 2.75) is 32.4 Å². The summed E-state index contributed by atoms with van der Waals surface area (Å²) in [7, 11) is 0. The maximum atomic E-state index is 12.7. The Balaban J connectivity index is 1.55. The molecule has 1 saturated carbocycles. The SMILES string of the molecule is Cc1ccc(-c2cc(CN3C(=O)C(C#N)CN(C4CC4)C3=O)on2)cc1. The number of aryl methyl sites for hydroxylation is 1. The Kier molecular flexibility index (Phi) is 3.96. The first-order chi connectivity index (χ1) is 12.6. The van der Waals surface area contributed by atoms with Gasteiger partial charge in [-0.1, -0.05) is 35.0 Å². The molecule has 1 unspecified atom stereocenters. The lowest BCUT2D eigenvalue weighted by molar-refractivity contribution is -0.134. The topological polar surface area (TPSA) is 90.4 Å². The second kappa shape index (κ2) is 6.30. The van der Waals surface area contributed by atoms with Crippen LogP contribution in [0.15, 0.2) is 34.9 Å². The number of amides is 3. The van der Waals surface area contributed by atoms with Crippen LogP contribution in [0.1, 0.15) is 24.2 Å². The summed E-state index contributed by atoms with van der Waals surface area (Å²) in [5, 5.41) is 13.3. The van der Waals surface area contributed by atoms with Crippen LogP contribution in [0.5, 0.6) is 0 Å². The van der Waals surface area contributed by atoms with E-state index in [9.17, 15) is 14.9 Å². The molecule has 2 heterocycles. The largest absolute Gasteiger partial charge is 0.359 e. The molecule has 1 atom stereocenters. The Morgan fingerprint density at radius 2 is 2.00 bits per heavy atom. The van der Waals surface area contributed by atoms with Crippen LogP contribution in [0, 0.1) is 24.2 Å². The van der Waals surface area contributed by atoms with Crippen LogP contribution in [-0.4, -0.2) is 39.5 Å². The third-order valence-electron chi connectivity index (χ3n) is 4.78. The van der Waals surface area contributed by atoms with Crippen molar-refractivity contribution >= 4 is 11.9 Å². The predicted octanol–water partition coefficient (Wildman–Crippen LogP) is 2.72. The van der Waals surface area contributed by atoms with Crippen molar-refractivity contribution in [2.24, 2.45) is 5.92 Å². The molecule has 0 spiro atoms. The van der Waals surface area contributed by atoms with Gasteiger partial charge in [0.15, 0.2) is 5.76 Å². The van der Waals surface area contributed by atoms with E-state index >= 15 is 0 Å². The predicted molar refractivity (Wildman–Crippen MR) is 91.5 cm³/mol. The number of benzene rings is 1. The lowest BCUT2D eigenvalue weighted by Crippen LogP contribution is -2.56. The fourth-order valence-corrected chi connectivity index (χ4v) is 3.13. The first-order valence-electron chi connectivity index (χ1n) is 8.61. The Bertz CT molecular complexity index is 892. The van der Waals surface area contributed by atoms with Crippen molar-refractivity contribution in [1.82, 2.24) is 15.0 Å². The first kappa shape index (κ1) is 16.3. The number of aromatic nitrogens is 1. The highest BCUT2D eigenvalue weighted by Gasteiger charge is 2.45. The summed E-state index contributed by atoms with van der Waals surface area (Å²) in [5.74, 6) is -0.882. The monoisotopic (exact) mass is 350 g/mol. The zero-order valence-corrected chi connectivity index (χ0v) is 14.4. The molecule has 1 saturated heterocycles. The highest BCUT2D eigenvalue weighted by atomic mass is 16.5. The van der Waals surface area contributed by atoms with Crippen molar-refractivity contribution in [3.63, 3.8) is 0 Å².